The summed E-state index contributed by atoms with van der Waals surface area (Å²) in [5.41, 5.74) is 4.34. The van der Waals surface area contributed by atoms with Crippen LogP contribution < -0.4 is 10.2 Å². The minimum atomic E-state index is 0.503. The van der Waals surface area contributed by atoms with Crippen molar-refractivity contribution in [1.29, 1.82) is 0 Å². The molecule has 0 fully saturated rings. The molecule has 0 radical (unpaired) electrons. The van der Waals surface area contributed by atoms with Crippen LogP contribution in [0.15, 0.2) is 35.4 Å². The number of methoxy groups -OCH3 is 1. The van der Waals surface area contributed by atoms with Crippen molar-refractivity contribution in [2.45, 2.75) is 44.9 Å². The third-order valence-corrected chi connectivity index (χ3v) is 6.02. The SMILES string of the molecule is CCCN(CCOC)c1c(C)c(Nc2ccc(C(C)C)cc2SC)nc2ccnn12. The van der Waals surface area contributed by atoms with E-state index in [1.54, 1.807) is 25.1 Å². The second kappa shape index (κ2) is 10.2. The van der Waals surface area contributed by atoms with E-state index >= 15 is 0 Å². The Labute approximate surface area is 184 Å². The van der Waals surface area contributed by atoms with Gasteiger partial charge in [0.25, 0.3) is 0 Å². The van der Waals surface area contributed by atoms with Gasteiger partial charge >= 0.3 is 0 Å². The Balaban J connectivity index is 2.06. The minimum Gasteiger partial charge on any atom is -0.383 e. The molecule has 0 amide bonds. The first-order valence-corrected chi connectivity index (χ1v) is 11.8. The highest BCUT2D eigenvalue weighted by Gasteiger charge is 2.19. The molecular weight excluding hydrogens is 394 g/mol. The molecule has 0 unspecified atom stereocenters. The number of hydrogen-bond acceptors (Lipinski definition) is 6. The second-order valence-electron chi connectivity index (χ2n) is 7.73. The molecule has 0 saturated heterocycles. The summed E-state index contributed by atoms with van der Waals surface area (Å²) in [6.45, 7) is 11.2. The first-order valence-electron chi connectivity index (χ1n) is 10.5. The van der Waals surface area contributed by atoms with Crippen LogP contribution in [0.5, 0.6) is 0 Å². The minimum absolute atomic E-state index is 0.503. The second-order valence-corrected chi connectivity index (χ2v) is 8.58. The molecule has 0 aliphatic carbocycles. The van der Waals surface area contributed by atoms with Crippen molar-refractivity contribution in [2.75, 3.05) is 43.3 Å². The number of benzene rings is 1. The molecule has 6 nitrogen and oxygen atoms in total. The predicted octanol–water partition coefficient (Wildman–Crippen LogP) is 5.49. The molecule has 0 aliphatic rings. The Morgan fingerprint density at radius 3 is 2.70 bits per heavy atom. The fraction of sp³-hybridized carbons (Fsp3) is 0.478. The molecule has 0 aliphatic heterocycles. The van der Waals surface area contributed by atoms with Crippen molar-refractivity contribution < 1.29 is 4.74 Å². The average Bonchev–Trinajstić information content (AvgIpc) is 3.20. The van der Waals surface area contributed by atoms with Crippen LogP contribution in [0.3, 0.4) is 0 Å². The molecule has 0 spiro atoms. The number of thioether (sulfide) groups is 1. The number of hydrogen-bond donors (Lipinski definition) is 1. The van der Waals surface area contributed by atoms with E-state index in [4.69, 9.17) is 9.72 Å². The maximum Gasteiger partial charge on any atom is 0.159 e. The molecule has 2 heterocycles. The molecule has 0 saturated carbocycles. The van der Waals surface area contributed by atoms with E-state index in [1.807, 2.05) is 10.6 Å². The van der Waals surface area contributed by atoms with Gasteiger partial charge in [0.1, 0.15) is 11.6 Å². The molecular formula is C23H33N5OS. The van der Waals surface area contributed by atoms with Crippen LogP contribution in [0.1, 0.15) is 44.2 Å². The van der Waals surface area contributed by atoms with Crippen molar-refractivity contribution >= 4 is 34.7 Å². The van der Waals surface area contributed by atoms with Crippen molar-refractivity contribution in [1.82, 2.24) is 14.6 Å². The Kier molecular flexibility index (Phi) is 7.61. The number of fused-ring (bicyclic) bond motifs is 1. The zero-order valence-electron chi connectivity index (χ0n) is 18.9. The van der Waals surface area contributed by atoms with Gasteiger partial charge in [0.15, 0.2) is 5.65 Å². The Morgan fingerprint density at radius 2 is 2.03 bits per heavy atom. The standard InChI is InChI=1S/C23H33N5OS/c1-7-12-27(13-14-29-5)23-17(4)22(26-21-10-11-24-28(21)23)25-19-9-8-18(16(2)3)15-20(19)30-6/h8-11,15-16H,7,12-14H2,1-6H3,(H,25,26). The third kappa shape index (κ3) is 4.73. The molecule has 1 aromatic carbocycles. The summed E-state index contributed by atoms with van der Waals surface area (Å²) >= 11 is 1.75. The Hall–Kier alpha value is -2.25. The molecule has 0 atom stereocenters. The molecule has 1 N–H and O–H groups in total. The molecule has 3 rings (SSSR count). The summed E-state index contributed by atoms with van der Waals surface area (Å²) in [7, 11) is 1.74. The predicted molar refractivity (Wildman–Crippen MR) is 128 cm³/mol. The topological polar surface area (TPSA) is 54.7 Å². The number of anilines is 3. The first kappa shape index (κ1) is 22.4. The number of aromatic nitrogens is 3. The van der Waals surface area contributed by atoms with Crippen LogP contribution in [-0.4, -0.2) is 47.7 Å². The fourth-order valence-electron chi connectivity index (χ4n) is 3.59. The highest BCUT2D eigenvalue weighted by molar-refractivity contribution is 7.98. The highest BCUT2D eigenvalue weighted by atomic mass is 32.2. The van der Waals surface area contributed by atoms with Crippen LogP contribution >= 0.6 is 11.8 Å². The van der Waals surface area contributed by atoms with Gasteiger partial charge in [-0.2, -0.15) is 9.61 Å². The van der Waals surface area contributed by atoms with Crippen LogP contribution in [-0.2, 0) is 4.74 Å². The van der Waals surface area contributed by atoms with Gasteiger partial charge in [-0.3, -0.25) is 0 Å². The first-order chi connectivity index (χ1) is 14.5. The summed E-state index contributed by atoms with van der Waals surface area (Å²) in [5, 5.41) is 8.15. The lowest BCUT2D eigenvalue weighted by Crippen LogP contribution is -2.31. The summed E-state index contributed by atoms with van der Waals surface area (Å²) in [4.78, 5) is 8.43. The largest absolute Gasteiger partial charge is 0.383 e. The van der Waals surface area contributed by atoms with E-state index in [0.29, 0.717) is 12.5 Å². The van der Waals surface area contributed by atoms with E-state index in [1.165, 1.54) is 10.5 Å². The van der Waals surface area contributed by atoms with Crippen LogP contribution in [0.4, 0.5) is 17.3 Å². The van der Waals surface area contributed by atoms with Crippen LogP contribution in [0, 0.1) is 6.92 Å². The Morgan fingerprint density at radius 1 is 1.23 bits per heavy atom. The smallest absolute Gasteiger partial charge is 0.159 e. The summed E-state index contributed by atoms with van der Waals surface area (Å²) in [6.07, 6.45) is 4.97. The van der Waals surface area contributed by atoms with Gasteiger partial charge in [0.2, 0.25) is 0 Å². The lowest BCUT2D eigenvalue weighted by Gasteiger charge is -2.27. The van der Waals surface area contributed by atoms with E-state index in [0.717, 1.165) is 48.0 Å². The molecule has 2 aromatic heterocycles. The van der Waals surface area contributed by atoms with Gasteiger partial charge in [0.05, 0.1) is 18.5 Å². The maximum absolute atomic E-state index is 5.35. The molecule has 3 aromatic rings. The molecule has 0 bridgehead atoms. The van der Waals surface area contributed by atoms with E-state index in [2.05, 4.69) is 67.5 Å². The van der Waals surface area contributed by atoms with E-state index in [9.17, 15) is 0 Å². The number of nitrogens with zero attached hydrogens (tertiary/aromatic N) is 4. The lowest BCUT2D eigenvalue weighted by atomic mass is 10.0. The van der Waals surface area contributed by atoms with Crippen LogP contribution in [0.2, 0.25) is 0 Å². The van der Waals surface area contributed by atoms with Gasteiger partial charge in [-0.15, -0.1) is 11.8 Å². The maximum atomic E-state index is 5.35. The number of ether oxygens (including phenoxy) is 1. The number of rotatable bonds is 10. The zero-order chi connectivity index (χ0) is 21.7. The van der Waals surface area contributed by atoms with Crippen molar-refractivity contribution in [2.24, 2.45) is 0 Å². The highest BCUT2D eigenvalue weighted by Crippen LogP contribution is 2.34. The summed E-state index contributed by atoms with van der Waals surface area (Å²) < 4.78 is 7.29. The normalized spacial score (nSPS) is 11.4. The summed E-state index contributed by atoms with van der Waals surface area (Å²) in [6, 6.07) is 8.58. The zero-order valence-corrected chi connectivity index (χ0v) is 19.7. The quantitative estimate of drug-likeness (QED) is 0.432. The molecule has 7 heteroatoms. The lowest BCUT2D eigenvalue weighted by molar-refractivity contribution is 0.205. The molecule has 162 valence electrons. The van der Waals surface area contributed by atoms with Crippen molar-refractivity contribution in [3.8, 4) is 0 Å². The summed E-state index contributed by atoms with van der Waals surface area (Å²) in [5.74, 6) is 2.43. The van der Waals surface area contributed by atoms with Gasteiger partial charge in [0, 0.05) is 36.7 Å². The Bertz CT molecular complexity index is 985. The van der Waals surface area contributed by atoms with Gasteiger partial charge in [-0.05, 0) is 43.2 Å². The van der Waals surface area contributed by atoms with Gasteiger partial charge < -0.3 is 15.0 Å². The average molecular weight is 428 g/mol. The van der Waals surface area contributed by atoms with Crippen molar-refractivity contribution in [3.63, 3.8) is 0 Å². The monoisotopic (exact) mass is 427 g/mol. The van der Waals surface area contributed by atoms with E-state index in [-0.39, 0.29) is 0 Å². The van der Waals surface area contributed by atoms with Gasteiger partial charge in [-0.25, -0.2) is 4.98 Å². The fourth-order valence-corrected chi connectivity index (χ4v) is 4.19. The van der Waals surface area contributed by atoms with E-state index < -0.39 is 0 Å². The number of nitrogens with one attached hydrogen (secondary N) is 1. The van der Waals surface area contributed by atoms with Crippen LogP contribution in [0.25, 0.3) is 5.65 Å². The van der Waals surface area contributed by atoms with Crippen molar-refractivity contribution in [3.05, 3.63) is 41.6 Å². The van der Waals surface area contributed by atoms with Gasteiger partial charge in [-0.1, -0.05) is 26.8 Å². The molecule has 30 heavy (non-hydrogen) atoms. The third-order valence-electron chi connectivity index (χ3n) is 5.24.